The second kappa shape index (κ2) is 4.46. The van der Waals surface area contributed by atoms with Crippen molar-refractivity contribution < 1.29 is 0 Å². The molecular formula is C8H7Br2N5O. The Morgan fingerprint density at radius 3 is 2.75 bits per heavy atom. The van der Waals surface area contributed by atoms with E-state index in [9.17, 15) is 4.79 Å². The third-order valence-corrected chi connectivity index (χ3v) is 3.94. The third-order valence-electron chi connectivity index (χ3n) is 2.04. The van der Waals surface area contributed by atoms with Gasteiger partial charge in [0.05, 0.1) is 10.7 Å². The van der Waals surface area contributed by atoms with Gasteiger partial charge in [0.15, 0.2) is 0 Å². The lowest BCUT2D eigenvalue weighted by atomic mass is 10.5. The highest BCUT2D eigenvalue weighted by Gasteiger charge is 2.09. The molecule has 6 nitrogen and oxygen atoms in total. The van der Waals surface area contributed by atoms with E-state index in [2.05, 4.69) is 47.0 Å². The van der Waals surface area contributed by atoms with Crippen LogP contribution in [0.5, 0.6) is 0 Å². The molecular weight excluding hydrogens is 342 g/mol. The first kappa shape index (κ1) is 11.5. The molecule has 8 heteroatoms. The smallest absolute Gasteiger partial charge is 0.266 e. The van der Waals surface area contributed by atoms with E-state index in [1.165, 1.54) is 11.0 Å². The van der Waals surface area contributed by atoms with E-state index in [-0.39, 0.29) is 5.56 Å². The fourth-order valence-corrected chi connectivity index (χ4v) is 1.72. The van der Waals surface area contributed by atoms with Crippen molar-refractivity contribution in [3.8, 4) is 0 Å². The molecule has 84 valence electrons. The molecule has 0 aromatic carbocycles. The summed E-state index contributed by atoms with van der Waals surface area (Å²) in [4.78, 5) is 15.8. The molecule has 0 saturated carbocycles. The van der Waals surface area contributed by atoms with Gasteiger partial charge in [0, 0.05) is 7.05 Å². The van der Waals surface area contributed by atoms with Crippen molar-refractivity contribution in [2.75, 3.05) is 0 Å². The lowest BCUT2D eigenvalue weighted by molar-refractivity contribution is 0.577. The number of nitrogens with zero attached hydrogens (tertiary/aromatic N) is 5. The Kier molecular flexibility index (Phi) is 3.20. The van der Waals surface area contributed by atoms with Gasteiger partial charge in [-0.15, -0.1) is 0 Å². The summed E-state index contributed by atoms with van der Waals surface area (Å²) in [7, 11) is 1.77. The second-order valence-corrected chi connectivity index (χ2v) is 4.72. The van der Waals surface area contributed by atoms with E-state index < -0.39 is 0 Å². The molecule has 0 atom stereocenters. The third kappa shape index (κ3) is 2.07. The minimum Gasteiger partial charge on any atom is -0.266 e. The summed E-state index contributed by atoms with van der Waals surface area (Å²) in [5.41, 5.74) is -0.211. The van der Waals surface area contributed by atoms with Crippen molar-refractivity contribution in [1.82, 2.24) is 24.5 Å². The van der Waals surface area contributed by atoms with Crippen LogP contribution >= 0.6 is 31.9 Å². The summed E-state index contributed by atoms with van der Waals surface area (Å²) >= 11 is 6.41. The normalized spacial score (nSPS) is 10.7. The van der Waals surface area contributed by atoms with Gasteiger partial charge in [0.1, 0.15) is 23.2 Å². The van der Waals surface area contributed by atoms with Crippen LogP contribution in [0, 0.1) is 0 Å². The Labute approximate surface area is 108 Å². The topological polar surface area (TPSA) is 65.6 Å². The van der Waals surface area contributed by atoms with Crippen molar-refractivity contribution >= 4 is 31.9 Å². The van der Waals surface area contributed by atoms with E-state index in [0.717, 1.165) is 0 Å². The summed E-state index contributed by atoms with van der Waals surface area (Å²) < 4.78 is 4.00. The molecule has 2 heterocycles. The van der Waals surface area contributed by atoms with Crippen LogP contribution in [0.1, 0.15) is 5.82 Å². The molecule has 2 rings (SSSR count). The quantitative estimate of drug-likeness (QED) is 0.810. The Balaban J connectivity index is 2.40. The molecule has 0 fully saturated rings. The molecule has 0 N–H and O–H groups in total. The molecule has 2 aromatic rings. The van der Waals surface area contributed by atoms with Crippen molar-refractivity contribution in [3.63, 3.8) is 0 Å². The minimum absolute atomic E-state index is 0.211. The van der Waals surface area contributed by atoms with Gasteiger partial charge < -0.3 is 0 Å². The van der Waals surface area contributed by atoms with E-state index in [0.29, 0.717) is 21.3 Å². The number of aryl methyl sites for hydroxylation is 1. The second-order valence-electron chi connectivity index (χ2n) is 3.07. The monoisotopic (exact) mass is 347 g/mol. The fraction of sp³-hybridized carbons (Fsp3) is 0.250. The molecule has 0 aliphatic heterocycles. The van der Waals surface area contributed by atoms with Crippen LogP contribution in [0.4, 0.5) is 0 Å². The predicted molar refractivity (Wildman–Crippen MR) is 64.0 cm³/mol. The number of aromatic nitrogens is 5. The number of rotatable bonds is 2. The molecule has 0 radical (unpaired) electrons. The number of hydrogen-bond donors (Lipinski definition) is 0. The summed E-state index contributed by atoms with van der Waals surface area (Å²) in [6.07, 6.45) is 3.00. The first-order valence-corrected chi connectivity index (χ1v) is 5.92. The van der Waals surface area contributed by atoms with Crippen molar-refractivity contribution in [3.05, 3.63) is 37.6 Å². The van der Waals surface area contributed by atoms with Crippen LogP contribution in [-0.4, -0.2) is 24.5 Å². The van der Waals surface area contributed by atoms with Crippen molar-refractivity contribution in [2.24, 2.45) is 7.05 Å². The lowest BCUT2D eigenvalue weighted by Gasteiger charge is -2.04. The van der Waals surface area contributed by atoms with Crippen molar-refractivity contribution in [2.45, 2.75) is 6.54 Å². The van der Waals surface area contributed by atoms with Crippen LogP contribution in [0.15, 0.2) is 26.3 Å². The lowest BCUT2D eigenvalue weighted by Crippen LogP contribution is -2.25. The number of hydrogen-bond acceptors (Lipinski definition) is 4. The number of halogens is 2. The zero-order valence-electron chi connectivity index (χ0n) is 8.26. The Morgan fingerprint density at radius 2 is 2.12 bits per heavy atom. The highest BCUT2D eigenvalue weighted by molar-refractivity contribution is 9.13. The first-order valence-electron chi connectivity index (χ1n) is 4.33. The van der Waals surface area contributed by atoms with Crippen LogP contribution in [0.2, 0.25) is 0 Å². The van der Waals surface area contributed by atoms with Gasteiger partial charge in [-0.25, -0.2) is 9.67 Å². The Hall–Kier alpha value is -1.02. The molecule has 0 amide bonds. The van der Waals surface area contributed by atoms with Crippen LogP contribution < -0.4 is 5.56 Å². The SMILES string of the molecule is Cn1ncnc1Cn1ncc(Br)c(Br)c1=O. The zero-order valence-corrected chi connectivity index (χ0v) is 11.4. The van der Waals surface area contributed by atoms with Gasteiger partial charge in [0.2, 0.25) is 0 Å². The average Bonchev–Trinajstić information content (AvgIpc) is 2.65. The van der Waals surface area contributed by atoms with E-state index in [4.69, 9.17) is 0 Å². The minimum atomic E-state index is -0.211. The highest BCUT2D eigenvalue weighted by Crippen LogP contribution is 2.16. The highest BCUT2D eigenvalue weighted by atomic mass is 79.9. The summed E-state index contributed by atoms with van der Waals surface area (Å²) in [5, 5.41) is 7.92. The Morgan fingerprint density at radius 1 is 1.38 bits per heavy atom. The molecule has 0 unspecified atom stereocenters. The van der Waals surface area contributed by atoms with Crippen molar-refractivity contribution in [1.29, 1.82) is 0 Å². The van der Waals surface area contributed by atoms with E-state index in [1.807, 2.05) is 0 Å². The maximum atomic E-state index is 11.8. The van der Waals surface area contributed by atoms with Gasteiger partial charge in [-0.1, -0.05) is 0 Å². The zero-order chi connectivity index (χ0) is 11.7. The standard InChI is InChI=1S/C8H7Br2N5O/c1-14-6(11-4-13-14)3-15-8(16)7(10)5(9)2-12-15/h2,4H,3H2,1H3. The van der Waals surface area contributed by atoms with E-state index >= 15 is 0 Å². The van der Waals surface area contributed by atoms with Gasteiger partial charge in [0.25, 0.3) is 5.56 Å². The van der Waals surface area contributed by atoms with Crippen LogP contribution in [0.3, 0.4) is 0 Å². The van der Waals surface area contributed by atoms with Crippen LogP contribution in [0.25, 0.3) is 0 Å². The summed E-state index contributed by atoms with van der Waals surface area (Å²) in [6.45, 7) is 0.293. The van der Waals surface area contributed by atoms with E-state index in [1.54, 1.807) is 17.9 Å². The van der Waals surface area contributed by atoms with Gasteiger partial charge in [-0.2, -0.15) is 10.2 Å². The first-order chi connectivity index (χ1) is 7.59. The molecule has 0 aliphatic rings. The van der Waals surface area contributed by atoms with Gasteiger partial charge >= 0.3 is 0 Å². The Bertz CT molecular complexity index is 576. The van der Waals surface area contributed by atoms with Gasteiger partial charge in [-0.05, 0) is 31.9 Å². The largest absolute Gasteiger partial charge is 0.282 e. The summed E-state index contributed by atoms with van der Waals surface area (Å²) in [6, 6.07) is 0. The fourth-order valence-electron chi connectivity index (χ4n) is 1.15. The molecule has 0 saturated heterocycles. The maximum absolute atomic E-state index is 11.8. The molecule has 0 bridgehead atoms. The predicted octanol–water partition coefficient (Wildman–Crippen LogP) is 0.945. The van der Waals surface area contributed by atoms with Crippen LogP contribution in [-0.2, 0) is 13.6 Å². The summed E-state index contributed by atoms with van der Waals surface area (Å²) in [5.74, 6) is 0.670. The molecule has 0 aliphatic carbocycles. The van der Waals surface area contributed by atoms with Gasteiger partial charge in [-0.3, -0.25) is 9.48 Å². The maximum Gasteiger partial charge on any atom is 0.282 e. The average molecular weight is 349 g/mol. The molecule has 2 aromatic heterocycles. The molecule has 16 heavy (non-hydrogen) atoms. The molecule has 0 spiro atoms.